The minimum absolute atomic E-state index is 0.161. The van der Waals surface area contributed by atoms with Crippen molar-refractivity contribution in [3.8, 4) is 0 Å². The number of nitrogens with one attached hydrogen (secondary N) is 1. The fourth-order valence-corrected chi connectivity index (χ4v) is 5.25. The van der Waals surface area contributed by atoms with Crippen molar-refractivity contribution in [2.24, 2.45) is 5.41 Å². The Hall–Kier alpha value is -0.810. The largest absolute Gasteiger partial charge is 0.381 e. The summed E-state index contributed by atoms with van der Waals surface area (Å²) in [6, 6.07) is 1.27. The molecule has 1 aliphatic carbocycles. The van der Waals surface area contributed by atoms with Crippen LogP contribution in [0.5, 0.6) is 0 Å². The van der Waals surface area contributed by atoms with Gasteiger partial charge in [0.2, 0.25) is 0 Å². The van der Waals surface area contributed by atoms with Gasteiger partial charge in [-0.15, -0.1) is 0 Å². The van der Waals surface area contributed by atoms with Crippen molar-refractivity contribution in [2.45, 2.75) is 69.9 Å². The zero-order chi connectivity index (χ0) is 16.4. The summed E-state index contributed by atoms with van der Waals surface area (Å²) in [5.74, 6) is 0. The highest BCUT2D eigenvalue weighted by atomic mass is 16.5. The fourth-order valence-electron chi connectivity index (χ4n) is 5.25. The summed E-state index contributed by atoms with van der Waals surface area (Å²) in [4.78, 5) is 17.4. The Bertz CT molecular complexity index is 444. The summed E-state index contributed by atoms with van der Waals surface area (Å²) in [6.45, 7) is 5.77. The first-order chi connectivity index (χ1) is 11.7. The molecule has 5 nitrogen and oxygen atoms in total. The second kappa shape index (κ2) is 7.20. The first-order valence-corrected chi connectivity index (χ1v) is 10.1. The van der Waals surface area contributed by atoms with Crippen LogP contribution in [0.4, 0.5) is 4.79 Å². The van der Waals surface area contributed by atoms with Gasteiger partial charge >= 0.3 is 6.03 Å². The second-order valence-corrected chi connectivity index (χ2v) is 8.55. The van der Waals surface area contributed by atoms with E-state index in [1.807, 2.05) is 4.90 Å². The highest BCUT2D eigenvalue weighted by Crippen LogP contribution is 2.38. The lowest BCUT2D eigenvalue weighted by molar-refractivity contribution is 0.108. The summed E-state index contributed by atoms with van der Waals surface area (Å²) in [6.07, 6.45) is 11.5. The molecule has 0 aromatic rings. The number of hydrogen-bond acceptors (Lipinski definition) is 3. The lowest BCUT2D eigenvalue weighted by Gasteiger charge is -2.40. The summed E-state index contributed by atoms with van der Waals surface area (Å²) in [5, 5.41) is 3.34. The van der Waals surface area contributed by atoms with E-state index in [4.69, 9.17) is 4.74 Å². The van der Waals surface area contributed by atoms with Crippen LogP contribution in [-0.2, 0) is 4.74 Å². The van der Waals surface area contributed by atoms with E-state index in [0.717, 1.165) is 58.2 Å². The van der Waals surface area contributed by atoms with E-state index in [2.05, 4.69) is 10.2 Å². The predicted octanol–water partition coefficient (Wildman–Crippen LogP) is 2.61. The zero-order valence-corrected chi connectivity index (χ0v) is 15.0. The number of carbonyl (C=O) groups excluding carboxylic acids is 1. The Morgan fingerprint density at radius 2 is 1.92 bits per heavy atom. The first-order valence-electron chi connectivity index (χ1n) is 10.1. The summed E-state index contributed by atoms with van der Waals surface area (Å²) < 4.78 is 5.58. The number of likely N-dealkylation sites (tertiary alicyclic amines) is 2. The van der Waals surface area contributed by atoms with Gasteiger partial charge in [0.05, 0.1) is 6.61 Å². The number of ether oxygens (including phenoxy) is 1. The fraction of sp³-hybridized carbons (Fsp3) is 0.947. The van der Waals surface area contributed by atoms with E-state index in [1.54, 1.807) is 0 Å². The molecule has 1 spiro atoms. The van der Waals surface area contributed by atoms with Crippen LogP contribution in [0.3, 0.4) is 0 Å². The van der Waals surface area contributed by atoms with E-state index in [0.29, 0.717) is 6.04 Å². The van der Waals surface area contributed by atoms with Gasteiger partial charge in [-0.25, -0.2) is 4.79 Å². The number of rotatable bonds is 2. The molecule has 3 saturated heterocycles. The average Bonchev–Trinajstić information content (AvgIpc) is 3.26. The summed E-state index contributed by atoms with van der Waals surface area (Å²) in [7, 11) is 0. The number of amides is 2. The van der Waals surface area contributed by atoms with Gasteiger partial charge in [-0.05, 0) is 45.1 Å². The Morgan fingerprint density at radius 3 is 2.71 bits per heavy atom. The maximum absolute atomic E-state index is 12.7. The van der Waals surface area contributed by atoms with Crippen LogP contribution in [0.1, 0.15) is 57.8 Å². The third-order valence-corrected chi connectivity index (χ3v) is 6.78. The van der Waals surface area contributed by atoms with Crippen molar-refractivity contribution in [1.82, 2.24) is 15.1 Å². The van der Waals surface area contributed by atoms with Crippen molar-refractivity contribution < 1.29 is 9.53 Å². The molecule has 0 aromatic heterocycles. The lowest BCUT2D eigenvalue weighted by Crippen LogP contribution is -2.53. The van der Waals surface area contributed by atoms with Crippen LogP contribution in [0.2, 0.25) is 0 Å². The Labute approximate surface area is 146 Å². The number of nitrogens with zero attached hydrogens (tertiary/aromatic N) is 2. The maximum atomic E-state index is 12.7. The molecule has 4 rings (SSSR count). The van der Waals surface area contributed by atoms with Crippen LogP contribution >= 0.6 is 0 Å². The molecular weight excluding hydrogens is 302 g/mol. The molecule has 136 valence electrons. The molecular formula is C19H33N3O2. The van der Waals surface area contributed by atoms with E-state index in [1.165, 1.54) is 45.1 Å². The van der Waals surface area contributed by atoms with Crippen LogP contribution in [0, 0.1) is 5.41 Å². The monoisotopic (exact) mass is 335 g/mol. The van der Waals surface area contributed by atoms with Crippen LogP contribution in [0.15, 0.2) is 0 Å². The van der Waals surface area contributed by atoms with Gasteiger partial charge in [0, 0.05) is 43.7 Å². The second-order valence-electron chi connectivity index (χ2n) is 8.55. The van der Waals surface area contributed by atoms with Crippen LogP contribution in [-0.4, -0.2) is 67.3 Å². The molecule has 24 heavy (non-hydrogen) atoms. The SMILES string of the molecule is O=C(N[C@H]1CCCN(C2CCCCC2)C1)N1CC[C@@]2(CCOC2)C1. The molecule has 4 aliphatic rings. The highest BCUT2D eigenvalue weighted by molar-refractivity contribution is 5.75. The van der Waals surface area contributed by atoms with Gasteiger partial charge in [0.25, 0.3) is 0 Å². The summed E-state index contributed by atoms with van der Waals surface area (Å²) >= 11 is 0. The quantitative estimate of drug-likeness (QED) is 0.844. The van der Waals surface area contributed by atoms with Gasteiger partial charge < -0.3 is 15.0 Å². The standard InChI is InChI=1S/C19H33N3O2/c23-18(22-11-8-19(14-22)9-12-24-15-19)20-16-5-4-10-21(13-16)17-6-2-1-3-7-17/h16-17H,1-15H2,(H,20,23)/t16-,19+/m0/s1. The average molecular weight is 335 g/mol. The molecule has 3 heterocycles. The van der Waals surface area contributed by atoms with E-state index < -0.39 is 0 Å². The van der Waals surface area contributed by atoms with Gasteiger partial charge in [-0.3, -0.25) is 4.90 Å². The molecule has 4 fully saturated rings. The Balaban J connectivity index is 1.27. The highest BCUT2D eigenvalue weighted by Gasteiger charge is 2.43. The molecule has 0 radical (unpaired) electrons. The van der Waals surface area contributed by atoms with Crippen LogP contribution in [0.25, 0.3) is 0 Å². The third kappa shape index (κ3) is 3.57. The van der Waals surface area contributed by atoms with Gasteiger partial charge in [0.15, 0.2) is 0 Å². The zero-order valence-electron chi connectivity index (χ0n) is 15.0. The van der Waals surface area contributed by atoms with Crippen molar-refractivity contribution in [1.29, 1.82) is 0 Å². The third-order valence-electron chi connectivity index (χ3n) is 6.78. The van der Waals surface area contributed by atoms with Gasteiger partial charge in [-0.1, -0.05) is 19.3 Å². The number of carbonyl (C=O) groups is 1. The maximum Gasteiger partial charge on any atom is 0.317 e. The molecule has 2 amide bonds. The molecule has 2 atom stereocenters. The number of hydrogen-bond donors (Lipinski definition) is 1. The number of urea groups is 1. The van der Waals surface area contributed by atoms with E-state index in [-0.39, 0.29) is 11.4 Å². The minimum Gasteiger partial charge on any atom is -0.381 e. The topological polar surface area (TPSA) is 44.8 Å². The molecule has 1 saturated carbocycles. The van der Waals surface area contributed by atoms with E-state index >= 15 is 0 Å². The van der Waals surface area contributed by atoms with Gasteiger partial charge in [-0.2, -0.15) is 0 Å². The Morgan fingerprint density at radius 1 is 1.04 bits per heavy atom. The van der Waals surface area contributed by atoms with Crippen molar-refractivity contribution in [2.75, 3.05) is 39.4 Å². The van der Waals surface area contributed by atoms with Crippen molar-refractivity contribution >= 4 is 6.03 Å². The Kier molecular flexibility index (Phi) is 5.00. The molecule has 3 aliphatic heterocycles. The number of piperidine rings is 1. The minimum atomic E-state index is 0.161. The summed E-state index contributed by atoms with van der Waals surface area (Å²) in [5.41, 5.74) is 0.262. The van der Waals surface area contributed by atoms with Crippen molar-refractivity contribution in [3.63, 3.8) is 0 Å². The molecule has 5 heteroatoms. The van der Waals surface area contributed by atoms with Crippen molar-refractivity contribution in [3.05, 3.63) is 0 Å². The van der Waals surface area contributed by atoms with Crippen LogP contribution < -0.4 is 5.32 Å². The molecule has 0 bridgehead atoms. The molecule has 0 unspecified atom stereocenters. The normalized spacial score (nSPS) is 35.7. The molecule has 1 N–H and O–H groups in total. The first kappa shape index (κ1) is 16.6. The predicted molar refractivity (Wildman–Crippen MR) is 94.1 cm³/mol. The van der Waals surface area contributed by atoms with Gasteiger partial charge in [0.1, 0.15) is 0 Å². The van der Waals surface area contributed by atoms with E-state index in [9.17, 15) is 4.79 Å². The smallest absolute Gasteiger partial charge is 0.317 e. The lowest BCUT2D eigenvalue weighted by atomic mass is 9.87. The molecule has 0 aromatic carbocycles.